The molecule has 0 saturated heterocycles. The molecule has 6 nitrogen and oxygen atoms in total. The minimum Gasteiger partial charge on any atom is -0.504 e. The summed E-state index contributed by atoms with van der Waals surface area (Å²) < 4.78 is 10.8. The monoisotopic (exact) mass is 376 g/mol. The van der Waals surface area contributed by atoms with E-state index in [1.54, 1.807) is 42.7 Å². The first kappa shape index (κ1) is 19.0. The average Bonchev–Trinajstić information content (AvgIpc) is 2.72. The molecule has 0 aliphatic heterocycles. The molecule has 3 rings (SSSR count). The Bertz CT molecular complexity index is 971. The molecule has 2 aromatic carbocycles. The van der Waals surface area contributed by atoms with Crippen LogP contribution < -0.4 is 14.8 Å². The molecule has 0 aliphatic carbocycles. The molecule has 1 aromatic heterocycles. The number of para-hydroxylation sites is 2. The summed E-state index contributed by atoms with van der Waals surface area (Å²) in [5, 5.41) is 12.6. The predicted molar refractivity (Wildman–Crippen MR) is 107 cm³/mol. The Morgan fingerprint density at radius 3 is 2.64 bits per heavy atom. The zero-order chi connectivity index (χ0) is 19.8. The third-order valence-electron chi connectivity index (χ3n) is 3.92. The molecule has 0 atom stereocenters. The van der Waals surface area contributed by atoms with Gasteiger partial charge in [0.2, 0.25) is 5.91 Å². The highest BCUT2D eigenvalue weighted by atomic mass is 16.5. The van der Waals surface area contributed by atoms with Gasteiger partial charge in [-0.1, -0.05) is 18.2 Å². The molecule has 1 amide bonds. The minimum atomic E-state index is -0.310. The third-order valence-corrected chi connectivity index (χ3v) is 3.92. The van der Waals surface area contributed by atoms with Crippen LogP contribution in [0.2, 0.25) is 0 Å². The van der Waals surface area contributed by atoms with Gasteiger partial charge in [0, 0.05) is 18.5 Å². The fourth-order valence-electron chi connectivity index (χ4n) is 2.49. The number of phenols is 1. The molecule has 0 fully saturated rings. The Balaban J connectivity index is 1.64. The second-order valence-corrected chi connectivity index (χ2v) is 5.89. The summed E-state index contributed by atoms with van der Waals surface area (Å²) in [5.74, 6) is 0.653. The Morgan fingerprint density at radius 2 is 1.89 bits per heavy atom. The lowest BCUT2D eigenvalue weighted by molar-refractivity contribution is -0.111. The van der Waals surface area contributed by atoms with Crippen molar-refractivity contribution in [1.29, 1.82) is 0 Å². The number of nitrogens with zero attached hydrogens (tertiary/aromatic N) is 1. The summed E-state index contributed by atoms with van der Waals surface area (Å²) in [7, 11) is 1.48. The molecule has 142 valence electrons. The van der Waals surface area contributed by atoms with Gasteiger partial charge in [0.1, 0.15) is 12.4 Å². The normalized spacial score (nSPS) is 10.6. The van der Waals surface area contributed by atoms with E-state index in [0.29, 0.717) is 29.4 Å². The van der Waals surface area contributed by atoms with Crippen LogP contribution in [0.25, 0.3) is 6.08 Å². The molecule has 6 heteroatoms. The number of pyridine rings is 1. The molecule has 0 spiro atoms. The first-order chi connectivity index (χ1) is 13.7. The molecule has 0 unspecified atom stereocenters. The van der Waals surface area contributed by atoms with Crippen molar-refractivity contribution in [3.63, 3.8) is 0 Å². The summed E-state index contributed by atoms with van der Waals surface area (Å²) in [6.45, 7) is 0.371. The number of carbonyl (C=O) groups excluding carboxylic acids is 1. The van der Waals surface area contributed by atoms with Crippen LogP contribution in [-0.2, 0) is 11.4 Å². The largest absolute Gasteiger partial charge is 0.504 e. The summed E-state index contributed by atoms with van der Waals surface area (Å²) in [4.78, 5) is 16.2. The lowest BCUT2D eigenvalue weighted by Gasteiger charge is -2.11. The first-order valence-corrected chi connectivity index (χ1v) is 8.62. The van der Waals surface area contributed by atoms with Crippen LogP contribution in [0.3, 0.4) is 0 Å². The van der Waals surface area contributed by atoms with Crippen LogP contribution in [0, 0.1) is 0 Å². The summed E-state index contributed by atoms with van der Waals surface area (Å²) in [5.41, 5.74) is 2.23. The molecule has 0 aliphatic rings. The maximum Gasteiger partial charge on any atom is 0.248 e. The molecular formula is C22H20N2O4. The zero-order valence-electron chi connectivity index (χ0n) is 15.3. The maximum absolute atomic E-state index is 12.3. The molecular weight excluding hydrogens is 356 g/mol. The van der Waals surface area contributed by atoms with Gasteiger partial charge in [-0.2, -0.15) is 0 Å². The van der Waals surface area contributed by atoms with E-state index in [1.807, 2.05) is 24.3 Å². The minimum absolute atomic E-state index is 0.0138. The SMILES string of the molecule is COc1ccc(/C=C/C(=O)Nc2ccccc2OCc2ccncc2)cc1O. The number of anilines is 1. The Hall–Kier alpha value is -3.80. The fraction of sp³-hybridized carbons (Fsp3) is 0.0909. The van der Waals surface area contributed by atoms with Crippen molar-refractivity contribution < 1.29 is 19.4 Å². The topological polar surface area (TPSA) is 80.7 Å². The van der Waals surface area contributed by atoms with Crippen LogP contribution in [0.1, 0.15) is 11.1 Å². The van der Waals surface area contributed by atoms with Gasteiger partial charge >= 0.3 is 0 Å². The molecule has 1 heterocycles. The summed E-state index contributed by atoms with van der Waals surface area (Å²) >= 11 is 0. The number of phenolic OH excluding ortho intramolecular Hbond substituents is 1. The van der Waals surface area contributed by atoms with Crippen molar-refractivity contribution >= 4 is 17.7 Å². The standard InChI is InChI=1S/C22H20N2O4/c1-27-21-8-6-16(14-19(21)25)7-9-22(26)24-18-4-2-3-5-20(18)28-15-17-10-12-23-13-11-17/h2-14,25H,15H2,1H3,(H,24,26)/b9-7+. The van der Waals surface area contributed by atoms with E-state index in [4.69, 9.17) is 9.47 Å². The van der Waals surface area contributed by atoms with Gasteiger partial charge in [0.25, 0.3) is 0 Å². The zero-order valence-corrected chi connectivity index (χ0v) is 15.3. The molecule has 2 N–H and O–H groups in total. The number of rotatable bonds is 7. The van der Waals surface area contributed by atoms with Crippen molar-refractivity contribution in [2.45, 2.75) is 6.61 Å². The maximum atomic E-state index is 12.3. The van der Waals surface area contributed by atoms with Crippen LogP contribution in [-0.4, -0.2) is 23.1 Å². The van der Waals surface area contributed by atoms with Crippen molar-refractivity contribution in [3.05, 3.63) is 84.2 Å². The van der Waals surface area contributed by atoms with E-state index in [-0.39, 0.29) is 11.7 Å². The van der Waals surface area contributed by atoms with E-state index in [2.05, 4.69) is 10.3 Å². The number of aromatic nitrogens is 1. The van der Waals surface area contributed by atoms with E-state index in [0.717, 1.165) is 5.56 Å². The number of hydrogen-bond acceptors (Lipinski definition) is 5. The molecule has 3 aromatic rings. The van der Waals surface area contributed by atoms with Gasteiger partial charge < -0.3 is 19.9 Å². The number of amides is 1. The lowest BCUT2D eigenvalue weighted by Crippen LogP contribution is -2.09. The smallest absolute Gasteiger partial charge is 0.248 e. The Labute approximate surface area is 163 Å². The van der Waals surface area contributed by atoms with Gasteiger partial charge in [-0.3, -0.25) is 9.78 Å². The second kappa shape index (κ2) is 9.23. The number of methoxy groups -OCH3 is 1. The quantitative estimate of drug-likeness (QED) is 0.609. The number of hydrogen-bond donors (Lipinski definition) is 2. The fourth-order valence-corrected chi connectivity index (χ4v) is 2.49. The van der Waals surface area contributed by atoms with E-state index in [1.165, 1.54) is 19.3 Å². The summed E-state index contributed by atoms with van der Waals surface area (Å²) in [6, 6.07) is 15.9. The average molecular weight is 376 g/mol. The van der Waals surface area contributed by atoms with Crippen LogP contribution >= 0.6 is 0 Å². The van der Waals surface area contributed by atoms with Gasteiger partial charge in [-0.15, -0.1) is 0 Å². The van der Waals surface area contributed by atoms with Gasteiger partial charge in [0.05, 0.1) is 12.8 Å². The van der Waals surface area contributed by atoms with Crippen molar-refractivity contribution in [3.8, 4) is 17.2 Å². The number of nitrogens with one attached hydrogen (secondary N) is 1. The number of carbonyl (C=O) groups is 1. The summed E-state index contributed by atoms with van der Waals surface area (Å²) in [6.07, 6.45) is 6.40. The Morgan fingerprint density at radius 1 is 1.11 bits per heavy atom. The molecule has 0 bridgehead atoms. The third kappa shape index (κ3) is 5.11. The van der Waals surface area contributed by atoms with Gasteiger partial charge in [0.15, 0.2) is 11.5 Å². The van der Waals surface area contributed by atoms with Gasteiger partial charge in [-0.25, -0.2) is 0 Å². The number of ether oxygens (including phenoxy) is 2. The van der Waals surface area contributed by atoms with Crippen molar-refractivity contribution in [1.82, 2.24) is 4.98 Å². The Kier molecular flexibility index (Phi) is 6.25. The predicted octanol–water partition coefficient (Wildman–Crippen LogP) is 4.03. The van der Waals surface area contributed by atoms with Crippen molar-refractivity contribution in [2.24, 2.45) is 0 Å². The lowest BCUT2D eigenvalue weighted by atomic mass is 10.2. The molecule has 0 radical (unpaired) electrons. The van der Waals surface area contributed by atoms with E-state index >= 15 is 0 Å². The van der Waals surface area contributed by atoms with Crippen LogP contribution in [0.15, 0.2) is 73.1 Å². The highest BCUT2D eigenvalue weighted by Crippen LogP contribution is 2.27. The van der Waals surface area contributed by atoms with E-state index in [9.17, 15) is 9.90 Å². The number of aromatic hydroxyl groups is 1. The van der Waals surface area contributed by atoms with Gasteiger partial charge in [-0.05, 0) is 53.6 Å². The molecule has 28 heavy (non-hydrogen) atoms. The second-order valence-electron chi connectivity index (χ2n) is 5.89. The van der Waals surface area contributed by atoms with Crippen LogP contribution in [0.4, 0.5) is 5.69 Å². The highest BCUT2D eigenvalue weighted by molar-refractivity contribution is 6.02. The van der Waals surface area contributed by atoms with Crippen molar-refractivity contribution in [2.75, 3.05) is 12.4 Å². The number of benzene rings is 2. The van der Waals surface area contributed by atoms with E-state index < -0.39 is 0 Å². The van der Waals surface area contributed by atoms with Crippen LogP contribution in [0.5, 0.6) is 17.2 Å². The molecule has 0 saturated carbocycles. The first-order valence-electron chi connectivity index (χ1n) is 8.62. The highest BCUT2D eigenvalue weighted by Gasteiger charge is 2.06.